The number of hydrogen-bond acceptors (Lipinski definition) is 4. The van der Waals surface area contributed by atoms with Crippen molar-refractivity contribution in [2.24, 2.45) is 5.92 Å². The van der Waals surface area contributed by atoms with Crippen LogP contribution in [0.15, 0.2) is 16.7 Å². The summed E-state index contributed by atoms with van der Waals surface area (Å²) in [6, 6.07) is 1.83. The molecule has 1 aromatic heterocycles. The van der Waals surface area contributed by atoms with Gasteiger partial charge >= 0.3 is 5.97 Å². The van der Waals surface area contributed by atoms with Crippen LogP contribution in [0.25, 0.3) is 0 Å². The average molecular weight is 334 g/mol. The molecule has 1 aromatic rings. The minimum atomic E-state index is -0.121. The SMILES string of the molecule is COC(=O)C1CCN(c2ncc(Br)cc2Cl)CC1. The first-order valence-electron chi connectivity index (χ1n) is 5.75. The van der Waals surface area contributed by atoms with E-state index in [1.54, 1.807) is 6.20 Å². The number of aromatic nitrogens is 1. The van der Waals surface area contributed by atoms with Crippen LogP contribution in [-0.2, 0) is 9.53 Å². The zero-order valence-corrected chi connectivity index (χ0v) is 12.4. The first-order valence-corrected chi connectivity index (χ1v) is 6.92. The average Bonchev–Trinajstić information content (AvgIpc) is 2.38. The summed E-state index contributed by atoms with van der Waals surface area (Å²) in [4.78, 5) is 17.9. The lowest BCUT2D eigenvalue weighted by molar-refractivity contribution is -0.146. The fourth-order valence-electron chi connectivity index (χ4n) is 2.13. The van der Waals surface area contributed by atoms with E-state index < -0.39 is 0 Å². The van der Waals surface area contributed by atoms with Crippen LogP contribution in [0.1, 0.15) is 12.8 Å². The first kappa shape index (κ1) is 13.6. The normalized spacial score (nSPS) is 16.7. The third-order valence-electron chi connectivity index (χ3n) is 3.12. The molecule has 4 nitrogen and oxygen atoms in total. The molecule has 98 valence electrons. The van der Waals surface area contributed by atoms with Crippen molar-refractivity contribution in [3.8, 4) is 0 Å². The molecule has 0 aliphatic carbocycles. The molecule has 1 aliphatic rings. The highest BCUT2D eigenvalue weighted by Gasteiger charge is 2.26. The number of ether oxygens (including phenoxy) is 1. The highest BCUT2D eigenvalue weighted by Crippen LogP contribution is 2.29. The highest BCUT2D eigenvalue weighted by atomic mass is 79.9. The van der Waals surface area contributed by atoms with Crippen molar-refractivity contribution in [1.29, 1.82) is 0 Å². The van der Waals surface area contributed by atoms with Gasteiger partial charge in [0.1, 0.15) is 5.82 Å². The lowest BCUT2D eigenvalue weighted by atomic mass is 9.97. The number of esters is 1. The van der Waals surface area contributed by atoms with Crippen molar-refractivity contribution in [3.05, 3.63) is 21.8 Å². The summed E-state index contributed by atoms with van der Waals surface area (Å²) in [6.07, 6.45) is 3.29. The number of pyridine rings is 1. The minimum Gasteiger partial charge on any atom is -0.469 e. The number of hydrogen-bond donors (Lipinski definition) is 0. The summed E-state index contributed by atoms with van der Waals surface area (Å²) in [5, 5.41) is 0.626. The maximum absolute atomic E-state index is 11.4. The second kappa shape index (κ2) is 5.89. The van der Waals surface area contributed by atoms with Crippen molar-refractivity contribution in [2.45, 2.75) is 12.8 Å². The summed E-state index contributed by atoms with van der Waals surface area (Å²) in [6.45, 7) is 1.54. The Kier molecular flexibility index (Phi) is 4.45. The summed E-state index contributed by atoms with van der Waals surface area (Å²) in [5.41, 5.74) is 0. The molecule has 6 heteroatoms. The zero-order chi connectivity index (χ0) is 13.1. The van der Waals surface area contributed by atoms with E-state index >= 15 is 0 Å². The number of rotatable bonds is 2. The van der Waals surface area contributed by atoms with E-state index in [1.807, 2.05) is 6.07 Å². The summed E-state index contributed by atoms with van der Waals surface area (Å²) >= 11 is 9.49. The minimum absolute atomic E-state index is 0.000439. The molecular weight excluding hydrogens is 320 g/mol. The van der Waals surface area contributed by atoms with E-state index in [0.29, 0.717) is 5.02 Å². The molecule has 0 atom stereocenters. The highest BCUT2D eigenvalue weighted by molar-refractivity contribution is 9.10. The first-order chi connectivity index (χ1) is 8.61. The number of carbonyl (C=O) groups is 1. The molecule has 0 unspecified atom stereocenters. The van der Waals surface area contributed by atoms with Gasteiger partial charge in [0.15, 0.2) is 0 Å². The van der Waals surface area contributed by atoms with Crippen LogP contribution in [0.2, 0.25) is 5.02 Å². The van der Waals surface area contributed by atoms with Gasteiger partial charge in [0.05, 0.1) is 18.1 Å². The van der Waals surface area contributed by atoms with Gasteiger partial charge in [0, 0.05) is 23.8 Å². The largest absolute Gasteiger partial charge is 0.469 e. The monoisotopic (exact) mass is 332 g/mol. The van der Waals surface area contributed by atoms with E-state index in [1.165, 1.54) is 7.11 Å². The Bertz CT molecular complexity index is 448. The molecule has 1 aliphatic heterocycles. The molecule has 1 saturated heterocycles. The third kappa shape index (κ3) is 2.95. The van der Waals surface area contributed by atoms with Crippen LogP contribution in [-0.4, -0.2) is 31.2 Å². The predicted octanol–water partition coefficient (Wildman–Crippen LogP) is 2.89. The molecular formula is C12H14BrClN2O2. The Labute approximate surface area is 119 Å². The molecule has 2 rings (SSSR count). The summed E-state index contributed by atoms with van der Waals surface area (Å²) < 4.78 is 5.63. The lowest BCUT2D eigenvalue weighted by Gasteiger charge is -2.32. The van der Waals surface area contributed by atoms with Crippen LogP contribution in [0, 0.1) is 5.92 Å². The number of carbonyl (C=O) groups excluding carboxylic acids is 1. The maximum Gasteiger partial charge on any atom is 0.308 e. The predicted molar refractivity (Wildman–Crippen MR) is 73.9 cm³/mol. The van der Waals surface area contributed by atoms with Gasteiger partial charge in [0.25, 0.3) is 0 Å². The fraction of sp³-hybridized carbons (Fsp3) is 0.500. The maximum atomic E-state index is 11.4. The van der Waals surface area contributed by atoms with Gasteiger partial charge in [-0.2, -0.15) is 0 Å². The van der Waals surface area contributed by atoms with E-state index in [2.05, 4.69) is 25.8 Å². The smallest absolute Gasteiger partial charge is 0.308 e. The van der Waals surface area contributed by atoms with Gasteiger partial charge in [0.2, 0.25) is 0 Å². The molecule has 0 radical (unpaired) electrons. The molecule has 18 heavy (non-hydrogen) atoms. The quantitative estimate of drug-likeness (QED) is 0.781. The Balaban J connectivity index is 2.03. The zero-order valence-electron chi connectivity index (χ0n) is 10.0. The van der Waals surface area contributed by atoms with E-state index in [4.69, 9.17) is 16.3 Å². The molecule has 0 bridgehead atoms. The third-order valence-corrected chi connectivity index (χ3v) is 3.83. The van der Waals surface area contributed by atoms with E-state index in [9.17, 15) is 4.79 Å². The summed E-state index contributed by atoms with van der Waals surface area (Å²) in [5.74, 6) is 0.660. The van der Waals surface area contributed by atoms with Gasteiger partial charge in [-0.05, 0) is 34.8 Å². The number of nitrogens with zero attached hydrogens (tertiary/aromatic N) is 2. The van der Waals surface area contributed by atoms with Crippen LogP contribution in [0.3, 0.4) is 0 Å². The molecule has 0 amide bonds. The van der Waals surface area contributed by atoms with E-state index in [0.717, 1.165) is 36.2 Å². The molecule has 2 heterocycles. The van der Waals surface area contributed by atoms with Gasteiger partial charge in [-0.3, -0.25) is 4.79 Å². The van der Waals surface area contributed by atoms with Gasteiger partial charge < -0.3 is 9.64 Å². The molecule has 0 saturated carbocycles. The van der Waals surface area contributed by atoms with Crippen LogP contribution < -0.4 is 4.90 Å². The van der Waals surface area contributed by atoms with Crippen LogP contribution in [0.5, 0.6) is 0 Å². The second-order valence-corrected chi connectivity index (χ2v) is 5.57. The molecule has 0 spiro atoms. The second-order valence-electron chi connectivity index (χ2n) is 4.24. The van der Waals surface area contributed by atoms with Crippen LogP contribution >= 0.6 is 27.5 Å². The number of anilines is 1. The van der Waals surface area contributed by atoms with Gasteiger partial charge in [-0.15, -0.1) is 0 Å². The van der Waals surface area contributed by atoms with Gasteiger partial charge in [-0.25, -0.2) is 4.98 Å². The fourth-order valence-corrected chi connectivity index (χ4v) is 2.88. The van der Waals surface area contributed by atoms with Crippen molar-refractivity contribution in [3.63, 3.8) is 0 Å². The Morgan fingerprint density at radius 3 is 2.78 bits per heavy atom. The number of methoxy groups -OCH3 is 1. The van der Waals surface area contributed by atoms with E-state index in [-0.39, 0.29) is 11.9 Å². The van der Waals surface area contributed by atoms with Crippen molar-refractivity contribution in [1.82, 2.24) is 4.98 Å². The Morgan fingerprint density at radius 1 is 1.56 bits per heavy atom. The van der Waals surface area contributed by atoms with Crippen molar-refractivity contribution >= 4 is 39.3 Å². The summed E-state index contributed by atoms with van der Waals surface area (Å²) in [7, 11) is 1.43. The Hall–Kier alpha value is -0.810. The lowest BCUT2D eigenvalue weighted by Crippen LogP contribution is -2.37. The number of halogens is 2. The topological polar surface area (TPSA) is 42.4 Å². The molecule has 0 N–H and O–H groups in total. The molecule has 1 fully saturated rings. The van der Waals surface area contributed by atoms with Crippen molar-refractivity contribution < 1.29 is 9.53 Å². The van der Waals surface area contributed by atoms with Crippen LogP contribution in [0.4, 0.5) is 5.82 Å². The molecule has 0 aromatic carbocycles. The standard InChI is InChI=1S/C12H14BrClN2O2/c1-18-12(17)8-2-4-16(5-3-8)11-10(14)6-9(13)7-15-11/h6-8H,2-5H2,1H3. The Morgan fingerprint density at radius 2 is 2.22 bits per heavy atom. The van der Waals surface area contributed by atoms with Crippen molar-refractivity contribution in [2.75, 3.05) is 25.1 Å². The van der Waals surface area contributed by atoms with Gasteiger partial charge in [-0.1, -0.05) is 11.6 Å². The number of piperidine rings is 1.